The highest BCUT2D eigenvalue weighted by molar-refractivity contribution is 5.97. The predicted molar refractivity (Wildman–Crippen MR) is 68.7 cm³/mol. The first-order chi connectivity index (χ1) is 9.36. The van der Waals surface area contributed by atoms with Gasteiger partial charge in [0.25, 0.3) is 0 Å². The van der Waals surface area contributed by atoms with Crippen LogP contribution in [0.1, 0.15) is 10.4 Å². The van der Waals surface area contributed by atoms with Crippen molar-refractivity contribution in [2.24, 2.45) is 0 Å². The maximum atomic E-state index is 11.7. The van der Waals surface area contributed by atoms with Gasteiger partial charge in [-0.1, -0.05) is 6.07 Å². The Kier molecular flexibility index (Phi) is 4.90. The van der Waals surface area contributed by atoms with Gasteiger partial charge >= 0.3 is 18.0 Å². The number of hydrogen-bond acceptors (Lipinski definition) is 5. The first-order valence-electron chi connectivity index (χ1n) is 5.51. The SMILES string of the molecule is COC(=O)CN(C)C(=O)Nc1cccc(C(=O)O)c1O. The summed E-state index contributed by atoms with van der Waals surface area (Å²) >= 11 is 0. The normalized spacial score (nSPS) is 9.70. The number of carboxylic acids is 1. The highest BCUT2D eigenvalue weighted by Crippen LogP contribution is 2.27. The van der Waals surface area contributed by atoms with E-state index in [1.165, 1.54) is 32.4 Å². The second-order valence-electron chi connectivity index (χ2n) is 3.87. The zero-order valence-corrected chi connectivity index (χ0v) is 10.9. The quantitative estimate of drug-likeness (QED) is 0.553. The van der Waals surface area contributed by atoms with E-state index in [1.54, 1.807) is 0 Å². The molecule has 3 N–H and O–H groups in total. The van der Waals surface area contributed by atoms with Crippen LogP contribution in [0.3, 0.4) is 0 Å². The lowest BCUT2D eigenvalue weighted by Crippen LogP contribution is -2.36. The number of anilines is 1. The number of hydrogen-bond donors (Lipinski definition) is 3. The largest absolute Gasteiger partial charge is 0.505 e. The number of para-hydroxylation sites is 1. The molecule has 0 aliphatic heterocycles. The Labute approximate surface area is 114 Å². The number of carbonyl (C=O) groups excluding carboxylic acids is 2. The molecule has 0 spiro atoms. The number of rotatable bonds is 4. The highest BCUT2D eigenvalue weighted by atomic mass is 16.5. The molecule has 20 heavy (non-hydrogen) atoms. The average molecular weight is 282 g/mol. The van der Waals surface area contributed by atoms with Crippen LogP contribution in [0, 0.1) is 0 Å². The number of carbonyl (C=O) groups is 3. The van der Waals surface area contributed by atoms with E-state index in [2.05, 4.69) is 10.1 Å². The van der Waals surface area contributed by atoms with Gasteiger partial charge in [0.15, 0.2) is 5.75 Å². The summed E-state index contributed by atoms with van der Waals surface area (Å²) in [5, 5.41) is 20.9. The second-order valence-corrected chi connectivity index (χ2v) is 3.87. The molecule has 0 saturated heterocycles. The number of urea groups is 1. The van der Waals surface area contributed by atoms with Crippen molar-refractivity contribution in [3.63, 3.8) is 0 Å². The minimum absolute atomic E-state index is 0.0633. The first kappa shape index (κ1) is 15.3. The van der Waals surface area contributed by atoms with E-state index in [0.717, 1.165) is 4.90 Å². The van der Waals surface area contributed by atoms with Gasteiger partial charge in [-0.05, 0) is 12.1 Å². The maximum Gasteiger partial charge on any atom is 0.339 e. The van der Waals surface area contributed by atoms with Gasteiger partial charge in [0.2, 0.25) is 0 Å². The van der Waals surface area contributed by atoms with Crippen molar-refractivity contribution in [3.8, 4) is 5.75 Å². The van der Waals surface area contributed by atoms with Gasteiger partial charge in [-0.25, -0.2) is 9.59 Å². The van der Waals surface area contributed by atoms with Crippen molar-refractivity contribution >= 4 is 23.7 Å². The number of amides is 2. The fraction of sp³-hybridized carbons (Fsp3) is 0.250. The van der Waals surface area contributed by atoms with Crippen LogP contribution in [0.5, 0.6) is 5.75 Å². The molecule has 1 aromatic rings. The summed E-state index contributed by atoms with van der Waals surface area (Å²) in [6.45, 7) is -0.276. The van der Waals surface area contributed by atoms with Crippen LogP contribution in [0.2, 0.25) is 0 Å². The van der Waals surface area contributed by atoms with Gasteiger partial charge in [-0.2, -0.15) is 0 Å². The van der Waals surface area contributed by atoms with Gasteiger partial charge in [-0.15, -0.1) is 0 Å². The van der Waals surface area contributed by atoms with Crippen LogP contribution in [-0.4, -0.2) is 53.8 Å². The van der Waals surface area contributed by atoms with Gasteiger partial charge in [-0.3, -0.25) is 4.79 Å². The lowest BCUT2D eigenvalue weighted by Gasteiger charge is -2.17. The Balaban J connectivity index is 2.83. The molecule has 0 heterocycles. The van der Waals surface area contributed by atoms with E-state index < -0.39 is 23.7 Å². The molecule has 0 unspecified atom stereocenters. The van der Waals surface area contributed by atoms with Gasteiger partial charge in [0, 0.05) is 7.05 Å². The smallest absolute Gasteiger partial charge is 0.339 e. The molecular weight excluding hydrogens is 268 g/mol. The Morgan fingerprint density at radius 1 is 1.35 bits per heavy atom. The Morgan fingerprint density at radius 2 is 2.00 bits per heavy atom. The summed E-state index contributed by atoms with van der Waals surface area (Å²) in [6, 6.07) is 3.23. The van der Waals surface area contributed by atoms with Crippen molar-refractivity contribution in [1.82, 2.24) is 4.90 Å². The minimum Gasteiger partial charge on any atom is -0.505 e. The number of likely N-dealkylation sites (N-methyl/N-ethyl adjacent to an activating group) is 1. The third-order valence-electron chi connectivity index (χ3n) is 2.45. The molecule has 0 fully saturated rings. The number of phenols is 1. The number of methoxy groups -OCH3 is 1. The topological polar surface area (TPSA) is 116 Å². The molecule has 0 aliphatic carbocycles. The number of aromatic hydroxyl groups is 1. The van der Waals surface area contributed by atoms with Gasteiger partial charge in [0.05, 0.1) is 12.8 Å². The van der Waals surface area contributed by atoms with E-state index >= 15 is 0 Å². The molecule has 8 heteroatoms. The molecule has 0 aromatic heterocycles. The van der Waals surface area contributed by atoms with Crippen LogP contribution in [-0.2, 0) is 9.53 Å². The molecule has 1 rings (SSSR count). The molecule has 0 saturated carbocycles. The van der Waals surface area contributed by atoms with Crippen molar-refractivity contribution in [2.45, 2.75) is 0 Å². The molecule has 0 radical (unpaired) electrons. The molecule has 0 atom stereocenters. The summed E-state index contributed by atoms with van der Waals surface area (Å²) in [5.74, 6) is -2.48. The van der Waals surface area contributed by atoms with Crippen molar-refractivity contribution in [3.05, 3.63) is 23.8 Å². The maximum absolute atomic E-state index is 11.7. The van der Waals surface area contributed by atoms with E-state index in [9.17, 15) is 19.5 Å². The lowest BCUT2D eigenvalue weighted by atomic mass is 10.1. The molecule has 2 amide bonds. The van der Waals surface area contributed by atoms with Crippen LogP contribution in [0.4, 0.5) is 10.5 Å². The lowest BCUT2D eigenvalue weighted by molar-refractivity contribution is -0.140. The molecule has 8 nitrogen and oxygen atoms in total. The summed E-state index contributed by atoms with van der Waals surface area (Å²) in [7, 11) is 2.54. The third-order valence-corrected chi connectivity index (χ3v) is 2.45. The molecule has 0 aliphatic rings. The monoisotopic (exact) mass is 282 g/mol. The average Bonchev–Trinajstić information content (AvgIpc) is 2.40. The minimum atomic E-state index is -1.32. The van der Waals surface area contributed by atoms with Crippen molar-refractivity contribution < 1.29 is 29.3 Å². The Bertz CT molecular complexity index is 543. The Hall–Kier alpha value is -2.77. The highest BCUT2D eigenvalue weighted by Gasteiger charge is 2.17. The number of aromatic carboxylic acids is 1. The fourth-order valence-corrected chi connectivity index (χ4v) is 1.36. The fourth-order valence-electron chi connectivity index (χ4n) is 1.36. The van der Waals surface area contributed by atoms with E-state index in [0.29, 0.717) is 0 Å². The van der Waals surface area contributed by atoms with Crippen LogP contribution >= 0.6 is 0 Å². The van der Waals surface area contributed by atoms with E-state index in [4.69, 9.17) is 5.11 Å². The standard InChI is InChI=1S/C12H14N2O6/c1-14(6-9(15)20-2)12(19)13-8-5-3-4-7(10(8)16)11(17)18/h3-5,16H,6H2,1-2H3,(H,13,19)(H,17,18). The van der Waals surface area contributed by atoms with Crippen molar-refractivity contribution in [1.29, 1.82) is 0 Å². The zero-order chi connectivity index (χ0) is 15.3. The third kappa shape index (κ3) is 3.61. The number of nitrogens with zero attached hydrogens (tertiary/aromatic N) is 1. The Morgan fingerprint density at radius 3 is 2.55 bits per heavy atom. The summed E-state index contributed by atoms with van der Waals surface area (Å²) in [5.41, 5.74) is -0.398. The van der Waals surface area contributed by atoms with Gasteiger partial charge < -0.3 is 25.2 Å². The van der Waals surface area contributed by atoms with E-state index in [-0.39, 0.29) is 17.8 Å². The van der Waals surface area contributed by atoms with Crippen LogP contribution < -0.4 is 5.32 Å². The summed E-state index contributed by atoms with van der Waals surface area (Å²) < 4.78 is 4.41. The second kappa shape index (κ2) is 6.41. The number of nitrogens with one attached hydrogen (secondary N) is 1. The number of carboxylic acid groups (broad SMARTS) is 1. The number of benzene rings is 1. The van der Waals surface area contributed by atoms with Crippen molar-refractivity contribution in [2.75, 3.05) is 26.0 Å². The van der Waals surface area contributed by atoms with E-state index in [1.807, 2.05) is 0 Å². The molecule has 108 valence electrons. The van der Waals surface area contributed by atoms with Gasteiger partial charge in [0.1, 0.15) is 12.1 Å². The van der Waals surface area contributed by atoms with Crippen LogP contribution in [0.15, 0.2) is 18.2 Å². The zero-order valence-electron chi connectivity index (χ0n) is 10.9. The summed E-state index contributed by atoms with van der Waals surface area (Å²) in [4.78, 5) is 34.6. The first-order valence-corrected chi connectivity index (χ1v) is 5.51. The number of ether oxygens (including phenoxy) is 1. The van der Waals surface area contributed by atoms with Crippen LogP contribution in [0.25, 0.3) is 0 Å². The summed E-state index contributed by atoms with van der Waals surface area (Å²) in [6.07, 6.45) is 0. The predicted octanol–water partition coefficient (Wildman–Crippen LogP) is 0.727. The number of esters is 1. The molecule has 1 aromatic carbocycles. The molecular formula is C12H14N2O6. The molecule has 0 bridgehead atoms.